The molecule has 90 valence electrons. The second-order valence-electron chi connectivity index (χ2n) is 4.04. The van der Waals surface area contributed by atoms with Crippen molar-refractivity contribution in [2.24, 2.45) is 7.05 Å². The summed E-state index contributed by atoms with van der Waals surface area (Å²) in [6.07, 6.45) is 5.20. The molecule has 2 rings (SSSR count). The van der Waals surface area contributed by atoms with Crippen LogP contribution in [0, 0.1) is 6.92 Å². The van der Waals surface area contributed by atoms with E-state index in [0.717, 1.165) is 21.3 Å². The average molecular weight is 296 g/mol. The van der Waals surface area contributed by atoms with Crippen LogP contribution in [0.25, 0.3) is 0 Å². The van der Waals surface area contributed by atoms with Gasteiger partial charge in [0, 0.05) is 41.6 Å². The molecule has 4 nitrogen and oxygen atoms in total. The minimum absolute atomic E-state index is 0.541. The third kappa shape index (κ3) is 2.73. The van der Waals surface area contributed by atoms with Crippen LogP contribution in [0.3, 0.4) is 0 Å². The molecule has 2 aromatic rings. The van der Waals surface area contributed by atoms with Crippen LogP contribution in [-0.2, 0) is 13.5 Å². The Hall–Kier alpha value is -1.20. The summed E-state index contributed by atoms with van der Waals surface area (Å²) in [5.74, 6) is 0. The van der Waals surface area contributed by atoms with Gasteiger partial charge in [0.1, 0.15) is 0 Å². The highest BCUT2D eigenvalue weighted by Gasteiger charge is 2.14. The normalized spacial score (nSPS) is 12.7. The zero-order valence-corrected chi connectivity index (χ0v) is 11.3. The molecule has 1 atom stereocenters. The fourth-order valence-corrected chi connectivity index (χ4v) is 2.16. The van der Waals surface area contributed by atoms with Gasteiger partial charge in [0.15, 0.2) is 0 Å². The van der Waals surface area contributed by atoms with Crippen LogP contribution in [0.1, 0.15) is 22.9 Å². The Morgan fingerprint density at radius 1 is 1.41 bits per heavy atom. The average Bonchev–Trinajstić information content (AvgIpc) is 2.60. The Morgan fingerprint density at radius 2 is 2.18 bits per heavy atom. The van der Waals surface area contributed by atoms with Gasteiger partial charge in [-0.15, -0.1) is 0 Å². The number of nitrogens with zero attached hydrogens (tertiary/aromatic N) is 3. The van der Waals surface area contributed by atoms with Crippen LogP contribution < -0.4 is 0 Å². The van der Waals surface area contributed by atoms with E-state index in [9.17, 15) is 5.11 Å². The highest BCUT2D eigenvalue weighted by atomic mass is 79.9. The summed E-state index contributed by atoms with van der Waals surface area (Å²) in [6.45, 7) is 1.95. The van der Waals surface area contributed by atoms with Crippen LogP contribution in [0.4, 0.5) is 0 Å². The van der Waals surface area contributed by atoms with Gasteiger partial charge in [-0.1, -0.05) is 0 Å². The Bertz CT molecular complexity index is 524. The van der Waals surface area contributed by atoms with Gasteiger partial charge in [-0.2, -0.15) is 5.10 Å². The number of pyridine rings is 1. The molecule has 0 saturated carbocycles. The van der Waals surface area contributed by atoms with Crippen LogP contribution >= 0.6 is 15.9 Å². The quantitative estimate of drug-likeness (QED) is 0.944. The second kappa shape index (κ2) is 4.98. The SMILES string of the molecule is Cc1c(C(O)Cc2cncc(Br)c2)cnn1C. The Balaban J connectivity index is 2.17. The third-order valence-electron chi connectivity index (χ3n) is 2.82. The van der Waals surface area contributed by atoms with Crippen molar-refractivity contribution < 1.29 is 5.11 Å². The fraction of sp³-hybridized carbons (Fsp3) is 0.333. The first kappa shape index (κ1) is 12.3. The van der Waals surface area contributed by atoms with Gasteiger partial charge < -0.3 is 5.11 Å². The monoisotopic (exact) mass is 295 g/mol. The number of hydrogen-bond acceptors (Lipinski definition) is 3. The predicted octanol–water partition coefficient (Wildman–Crippen LogP) is 2.16. The number of aromatic nitrogens is 3. The molecule has 0 fully saturated rings. The van der Waals surface area contributed by atoms with E-state index in [4.69, 9.17) is 0 Å². The minimum atomic E-state index is -0.542. The highest BCUT2D eigenvalue weighted by molar-refractivity contribution is 9.10. The fourth-order valence-electron chi connectivity index (χ4n) is 1.74. The molecule has 0 aromatic carbocycles. The summed E-state index contributed by atoms with van der Waals surface area (Å²) in [4.78, 5) is 4.08. The largest absolute Gasteiger partial charge is 0.388 e. The zero-order chi connectivity index (χ0) is 12.4. The van der Waals surface area contributed by atoms with Gasteiger partial charge in [0.05, 0.1) is 12.3 Å². The molecule has 17 heavy (non-hydrogen) atoms. The summed E-state index contributed by atoms with van der Waals surface area (Å²) in [6, 6.07) is 1.96. The summed E-state index contributed by atoms with van der Waals surface area (Å²) < 4.78 is 2.68. The summed E-state index contributed by atoms with van der Waals surface area (Å²) >= 11 is 3.37. The first-order valence-corrected chi connectivity index (χ1v) is 6.13. The van der Waals surface area contributed by atoms with Crippen molar-refractivity contribution in [2.45, 2.75) is 19.4 Å². The molecule has 0 aliphatic rings. The molecule has 0 saturated heterocycles. The molecule has 2 aromatic heterocycles. The van der Waals surface area contributed by atoms with Crippen molar-refractivity contribution in [1.29, 1.82) is 0 Å². The summed E-state index contributed by atoms with van der Waals surface area (Å²) in [5, 5.41) is 14.3. The van der Waals surface area contributed by atoms with E-state index in [-0.39, 0.29) is 0 Å². The lowest BCUT2D eigenvalue weighted by molar-refractivity contribution is 0.177. The molecule has 0 amide bonds. The number of aliphatic hydroxyl groups excluding tert-OH is 1. The molecule has 5 heteroatoms. The van der Waals surface area contributed by atoms with Gasteiger partial charge in [-0.25, -0.2) is 0 Å². The van der Waals surface area contributed by atoms with Gasteiger partial charge in [-0.05, 0) is 34.5 Å². The molecule has 1 unspecified atom stereocenters. The molecule has 0 aliphatic carbocycles. The molecule has 0 aliphatic heterocycles. The molecule has 0 bridgehead atoms. The van der Waals surface area contributed by atoms with E-state index >= 15 is 0 Å². The standard InChI is InChI=1S/C12H14BrN3O/c1-8-11(7-15-16(8)2)12(17)4-9-3-10(13)6-14-5-9/h3,5-7,12,17H,4H2,1-2H3. The molecular weight excluding hydrogens is 282 g/mol. The van der Waals surface area contributed by atoms with E-state index in [0.29, 0.717) is 6.42 Å². The van der Waals surface area contributed by atoms with E-state index in [2.05, 4.69) is 26.0 Å². The number of aliphatic hydroxyl groups is 1. The summed E-state index contributed by atoms with van der Waals surface area (Å²) in [5.41, 5.74) is 2.85. The van der Waals surface area contributed by atoms with Crippen LogP contribution in [0.2, 0.25) is 0 Å². The van der Waals surface area contributed by atoms with Gasteiger partial charge in [0.2, 0.25) is 0 Å². The molecular formula is C12H14BrN3O. The number of aryl methyl sites for hydroxylation is 1. The molecule has 0 radical (unpaired) electrons. The predicted molar refractivity (Wildman–Crippen MR) is 68.5 cm³/mol. The van der Waals surface area contributed by atoms with E-state index < -0.39 is 6.10 Å². The van der Waals surface area contributed by atoms with Crippen molar-refractivity contribution in [3.05, 3.63) is 46.0 Å². The van der Waals surface area contributed by atoms with Crippen LogP contribution in [0.5, 0.6) is 0 Å². The smallest absolute Gasteiger partial charge is 0.0864 e. The van der Waals surface area contributed by atoms with Gasteiger partial charge in [0.25, 0.3) is 0 Å². The molecule has 1 N–H and O–H groups in total. The zero-order valence-electron chi connectivity index (χ0n) is 9.76. The van der Waals surface area contributed by atoms with Crippen molar-refractivity contribution >= 4 is 15.9 Å². The second-order valence-corrected chi connectivity index (χ2v) is 4.96. The number of halogens is 1. The maximum absolute atomic E-state index is 10.2. The Morgan fingerprint density at radius 3 is 2.76 bits per heavy atom. The van der Waals surface area contributed by atoms with E-state index in [1.54, 1.807) is 23.3 Å². The lowest BCUT2D eigenvalue weighted by atomic mass is 10.0. The van der Waals surface area contributed by atoms with Crippen molar-refractivity contribution in [3.63, 3.8) is 0 Å². The lowest BCUT2D eigenvalue weighted by Crippen LogP contribution is -2.04. The summed E-state index contributed by atoms with van der Waals surface area (Å²) in [7, 11) is 1.87. The van der Waals surface area contributed by atoms with Crippen LogP contribution in [0.15, 0.2) is 29.1 Å². The first-order valence-electron chi connectivity index (χ1n) is 5.34. The van der Waals surface area contributed by atoms with Gasteiger partial charge in [-0.3, -0.25) is 9.67 Å². The van der Waals surface area contributed by atoms with E-state index in [1.807, 2.05) is 20.0 Å². The number of hydrogen-bond donors (Lipinski definition) is 1. The Kier molecular flexibility index (Phi) is 3.59. The molecule has 2 heterocycles. The van der Waals surface area contributed by atoms with Gasteiger partial charge >= 0.3 is 0 Å². The lowest BCUT2D eigenvalue weighted by Gasteiger charge is -2.10. The molecule has 0 spiro atoms. The van der Waals surface area contributed by atoms with Crippen LogP contribution in [-0.4, -0.2) is 19.9 Å². The Labute approximate surface area is 108 Å². The maximum atomic E-state index is 10.2. The third-order valence-corrected chi connectivity index (χ3v) is 3.26. The minimum Gasteiger partial charge on any atom is -0.388 e. The number of rotatable bonds is 3. The van der Waals surface area contributed by atoms with Crippen molar-refractivity contribution in [1.82, 2.24) is 14.8 Å². The van der Waals surface area contributed by atoms with Crippen molar-refractivity contribution in [3.8, 4) is 0 Å². The van der Waals surface area contributed by atoms with E-state index in [1.165, 1.54) is 0 Å². The van der Waals surface area contributed by atoms with Crippen molar-refractivity contribution in [2.75, 3.05) is 0 Å². The topological polar surface area (TPSA) is 50.9 Å². The first-order chi connectivity index (χ1) is 8.08. The highest BCUT2D eigenvalue weighted by Crippen LogP contribution is 2.21. The maximum Gasteiger partial charge on any atom is 0.0864 e.